The minimum Gasteiger partial charge on any atom is -0.347 e. The highest BCUT2D eigenvalue weighted by molar-refractivity contribution is 5.92. The van der Waals surface area contributed by atoms with Gasteiger partial charge >= 0.3 is 0 Å². The summed E-state index contributed by atoms with van der Waals surface area (Å²) in [6, 6.07) is 0. The highest BCUT2D eigenvalue weighted by Crippen LogP contribution is 2.44. The number of rotatable bonds is 2. The van der Waals surface area contributed by atoms with Gasteiger partial charge in [-0.15, -0.1) is 0 Å². The van der Waals surface area contributed by atoms with Crippen LogP contribution in [0.15, 0.2) is 23.4 Å². The van der Waals surface area contributed by atoms with Gasteiger partial charge in [0.25, 0.3) is 11.5 Å². The van der Waals surface area contributed by atoms with Crippen LogP contribution in [0.3, 0.4) is 0 Å². The molecule has 2 aromatic rings. The van der Waals surface area contributed by atoms with E-state index in [1.54, 1.807) is 0 Å². The summed E-state index contributed by atoms with van der Waals surface area (Å²) in [6.45, 7) is 1.33. The fourth-order valence-electron chi connectivity index (χ4n) is 4.07. The molecule has 1 unspecified atom stereocenters. The topological polar surface area (TPSA) is 95.1 Å². The van der Waals surface area contributed by atoms with Gasteiger partial charge in [0.15, 0.2) is 0 Å². The molecule has 136 valence electrons. The number of piperidine rings is 1. The molecule has 3 heterocycles. The van der Waals surface area contributed by atoms with Gasteiger partial charge < -0.3 is 14.8 Å². The molecule has 1 fully saturated rings. The Kier molecular flexibility index (Phi) is 3.97. The van der Waals surface area contributed by atoms with E-state index in [9.17, 15) is 9.59 Å². The van der Waals surface area contributed by atoms with Gasteiger partial charge in [-0.2, -0.15) is 0 Å². The van der Waals surface area contributed by atoms with Crippen molar-refractivity contribution in [2.75, 3.05) is 32.1 Å². The number of aromatic amines is 1. The molecular weight excluding hydrogens is 332 g/mol. The van der Waals surface area contributed by atoms with Crippen LogP contribution in [0.1, 0.15) is 41.0 Å². The van der Waals surface area contributed by atoms with E-state index in [2.05, 4.69) is 15.0 Å². The average molecular weight is 354 g/mol. The summed E-state index contributed by atoms with van der Waals surface area (Å²) in [5, 5.41) is 0. The van der Waals surface area contributed by atoms with Gasteiger partial charge in [-0.05, 0) is 31.2 Å². The van der Waals surface area contributed by atoms with Crippen LogP contribution >= 0.6 is 0 Å². The number of H-pyrrole nitrogens is 1. The SMILES string of the molecule is CN(C)c1ncc2c(n1)C1(CCCN(C(=O)c3c[nH]c(=O)cn3)C1)CC2. The molecule has 1 spiro atoms. The Morgan fingerprint density at radius 3 is 2.85 bits per heavy atom. The largest absolute Gasteiger partial charge is 0.347 e. The fourth-order valence-corrected chi connectivity index (χ4v) is 4.07. The monoisotopic (exact) mass is 354 g/mol. The number of fused-ring (bicyclic) bond motifs is 2. The number of hydrogen-bond acceptors (Lipinski definition) is 6. The second-order valence-electron chi connectivity index (χ2n) is 7.35. The van der Waals surface area contributed by atoms with Crippen molar-refractivity contribution in [3.63, 3.8) is 0 Å². The quantitative estimate of drug-likeness (QED) is 0.855. The van der Waals surface area contributed by atoms with Crippen molar-refractivity contribution in [3.05, 3.63) is 45.9 Å². The standard InChI is InChI=1S/C18H22N6O2/c1-23(2)17-21-8-12-4-6-18(15(12)22-17)5-3-7-24(11-18)16(26)13-9-20-14(25)10-19-13/h8-10H,3-7,11H2,1-2H3,(H,20,25). The number of likely N-dealkylation sites (tertiary alicyclic amines) is 1. The summed E-state index contributed by atoms with van der Waals surface area (Å²) in [6.07, 6.45) is 8.34. The van der Waals surface area contributed by atoms with Crippen LogP contribution in [0.25, 0.3) is 0 Å². The number of amides is 1. The summed E-state index contributed by atoms with van der Waals surface area (Å²) in [5.74, 6) is 0.562. The Morgan fingerprint density at radius 1 is 1.27 bits per heavy atom. The summed E-state index contributed by atoms with van der Waals surface area (Å²) in [7, 11) is 3.86. The summed E-state index contributed by atoms with van der Waals surface area (Å²) >= 11 is 0. The van der Waals surface area contributed by atoms with Gasteiger partial charge in [-0.3, -0.25) is 9.59 Å². The first-order chi connectivity index (χ1) is 12.5. The molecule has 26 heavy (non-hydrogen) atoms. The maximum Gasteiger partial charge on any atom is 0.273 e. The Labute approximate surface area is 151 Å². The molecule has 0 radical (unpaired) electrons. The molecule has 1 amide bonds. The van der Waals surface area contributed by atoms with Crippen molar-refractivity contribution in [1.29, 1.82) is 0 Å². The molecule has 8 heteroatoms. The smallest absolute Gasteiger partial charge is 0.273 e. The molecule has 0 bridgehead atoms. The number of aromatic nitrogens is 4. The predicted octanol–water partition coefficient (Wildman–Crippen LogP) is 0.746. The normalized spacial score (nSPS) is 21.7. The van der Waals surface area contributed by atoms with E-state index in [0.717, 1.165) is 37.6 Å². The predicted molar refractivity (Wildman–Crippen MR) is 96.4 cm³/mol. The molecule has 1 atom stereocenters. The molecular formula is C18H22N6O2. The minimum atomic E-state index is -0.311. The summed E-state index contributed by atoms with van der Waals surface area (Å²) in [4.78, 5) is 43.5. The lowest BCUT2D eigenvalue weighted by molar-refractivity contribution is 0.0627. The van der Waals surface area contributed by atoms with Crippen LogP contribution in [0.5, 0.6) is 0 Å². The van der Waals surface area contributed by atoms with Crippen LogP contribution in [-0.2, 0) is 11.8 Å². The Morgan fingerprint density at radius 2 is 2.12 bits per heavy atom. The Bertz CT molecular complexity index is 884. The Balaban J connectivity index is 1.64. The van der Waals surface area contributed by atoms with E-state index in [0.29, 0.717) is 19.0 Å². The first-order valence-corrected chi connectivity index (χ1v) is 8.86. The Hall–Kier alpha value is -2.77. The minimum absolute atomic E-state index is 0.112. The van der Waals surface area contributed by atoms with Gasteiger partial charge in [0, 0.05) is 45.0 Å². The van der Waals surface area contributed by atoms with Gasteiger partial charge in [-0.1, -0.05) is 0 Å². The number of carbonyl (C=O) groups excluding carboxylic acids is 1. The summed E-state index contributed by atoms with van der Waals surface area (Å²) < 4.78 is 0. The van der Waals surface area contributed by atoms with Crippen molar-refractivity contribution in [3.8, 4) is 0 Å². The van der Waals surface area contributed by atoms with Crippen LogP contribution in [0, 0.1) is 0 Å². The second kappa shape index (κ2) is 6.19. The molecule has 8 nitrogen and oxygen atoms in total. The zero-order valence-corrected chi connectivity index (χ0v) is 15.0. The molecule has 0 aromatic carbocycles. The van der Waals surface area contributed by atoms with Crippen molar-refractivity contribution in [2.45, 2.75) is 31.1 Å². The lowest BCUT2D eigenvalue weighted by Crippen LogP contribution is -2.48. The highest BCUT2D eigenvalue weighted by atomic mass is 16.2. The third-order valence-corrected chi connectivity index (χ3v) is 5.38. The number of anilines is 1. The lowest BCUT2D eigenvalue weighted by Gasteiger charge is -2.40. The maximum atomic E-state index is 12.8. The molecule has 2 aromatic heterocycles. The van der Waals surface area contributed by atoms with Crippen LogP contribution in [-0.4, -0.2) is 57.9 Å². The fraction of sp³-hybridized carbons (Fsp3) is 0.500. The van der Waals surface area contributed by atoms with E-state index >= 15 is 0 Å². The zero-order valence-electron chi connectivity index (χ0n) is 15.0. The molecule has 4 rings (SSSR count). The van der Waals surface area contributed by atoms with E-state index < -0.39 is 0 Å². The van der Waals surface area contributed by atoms with Crippen molar-refractivity contribution >= 4 is 11.9 Å². The van der Waals surface area contributed by atoms with Crippen LogP contribution in [0.2, 0.25) is 0 Å². The highest BCUT2D eigenvalue weighted by Gasteiger charge is 2.45. The zero-order chi connectivity index (χ0) is 18.3. The van der Waals surface area contributed by atoms with Crippen LogP contribution < -0.4 is 10.5 Å². The molecule has 0 saturated carbocycles. The van der Waals surface area contributed by atoms with Gasteiger partial charge in [0.2, 0.25) is 5.95 Å². The molecule has 1 aliphatic carbocycles. The van der Waals surface area contributed by atoms with Crippen molar-refractivity contribution in [2.24, 2.45) is 0 Å². The number of carbonyl (C=O) groups is 1. The maximum absolute atomic E-state index is 12.8. The van der Waals surface area contributed by atoms with Crippen molar-refractivity contribution in [1.82, 2.24) is 24.8 Å². The van der Waals surface area contributed by atoms with Crippen molar-refractivity contribution < 1.29 is 4.79 Å². The first-order valence-electron chi connectivity index (χ1n) is 8.86. The molecule has 1 N–H and O–H groups in total. The number of aryl methyl sites for hydroxylation is 1. The molecule has 1 saturated heterocycles. The van der Waals surface area contributed by atoms with E-state index in [1.165, 1.54) is 11.8 Å². The van der Waals surface area contributed by atoms with Crippen LogP contribution in [0.4, 0.5) is 5.95 Å². The lowest BCUT2D eigenvalue weighted by atomic mass is 9.77. The molecule has 2 aliphatic rings. The summed E-state index contributed by atoms with van der Waals surface area (Å²) in [5.41, 5.74) is 2.13. The number of hydrogen-bond donors (Lipinski definition) is 1. The van der Waals surface area contributed by atoms with E-state index in [1.807, 2.05) is 30.1 Å². The van der Waals surface area contributed by atoms with Gasteiger partial charge in [0.05, 0.1) is 11.9 Å². The molecule has 1 aliphatic heterocycles. The number of nitrogens with zero attached hydrogens (tertiary/aromatic N) is 5. The van der Waals surface area contributed by atoms with Gasteiger partial charge in [0.1, 0.15) is 5.69 Å². The number of nitrogens with one attached hydrogen (secondary N) is 1. The first kappa shape index (κ1) is 16.7. The van der Waals surface area contributed by atoms with Gasteiger partial charge in [-0.25, -0.2) is 15.0 Å². The average Bonchev–Trinajstić information content (AvgIpc) is 2.99. The second-order valence-corrected chi connectivity index (χ2v) is 7.35. The van der Waals surface area contributed by atoms with E-state index in [-0.39, 0.29) is 22.6 Å². The van der Waals surface area contributed by atoms with E-state index in [4.69, 9.17) is 4.98 Å². The third kappa shape index (κ3) is 2.75. The third-order valence-electron chi connectivity index (χ3n) is 5.38.